The molecule has 0 aliphatic heterocycles. The van der Waals surface area contributed by atoms with Gasteiger partial charge in [0.15, 0.2) is 11.5 Å². The van der Waals surface area contributed by atoms with Crippen LogP contribution in [-0.2, 0) is 4.79 Å². The maximum atomic E-state index is 10.1. The van der Waals surface area contributed by atoms with Gasteiger partial charge in [-0.1, -0.05) is 0 Å². The van der Waals surface area contributed by atoms with Crippen molar-refractivity contribution >= 4 is 5.78 Å². The number of carbonyl (C=O) groups is 1. The highest BCUT2D eigenvalue weighted by Crippen LogP contribution is 1.85. The van der Waals surface area contributed by atoms with Gasteiger partial charge in [-0.15, -0.1) is 0 Å². The van der Waals surface area contributed by atoms with Gasteiger partial charge in [0.05, 0.1) is 12.1 Å². The van der Waals surface area contributed by atoms with E-state index in [0.29, 0.717) is 0 Å². The summed E-state index contributed by atoms with van der Waals surface area (Å²) >= 11 is 0. The van der Waals surface area contributed by atoms with Crippen LogP contribution in [0.4, 0.5) is 0 Å². The molecule has 3 nitrogen and oxygen atoms in total. The Bertz CT molecular complexity index is 164. The molecule has 0 aliphatic carbocycles. The highest BCUT2D eigenvalue weighted by Gasteiger charge is 1.95. The topological polar surface area (TPSA) is 61.1 Å². The number of allylic oxidation sites excluding steroid dienone is 2. The van der Waals surface area contributed by atoms with Crippen LogP contribution in [0.3, 0.4) is 0 Å². The monoisotopic (exact) mass is 111 g/mol. The van der Waals surface area contributed by atoms with E-state index in [1.807, 2.05) is 0 Å². The highest BCUT2D eigenvalue weighted by atomic mass is 16.3. The summed E-state index contributed by atoms with van der Waals surface area (Å²) in [6, 6.07) is 1.52. The van der Waals surface area contributed by atoms with Crippen LogP contribution in [0.25, 0.3) is 0 Å². The fourth-order valence-corrected chi connectivity index (χ4v) is 0.163. The number of rotatable bonds is 1. The van der Waals surface area contributed by atoms with Gasteiger partial charge in [-0.25, -0.2) is 0 Å². The summed E-state index contributed by atoms with van der Waals surface area (Å²) in [6.07, 6.45) is 0.794. The molecule has 8 heavy (non-hydrogen) atoms. The van der Waals surface area contributed by atoms with Gasteiger partial charge in [0.2, 0.25) is 0 Å². The lowest BCUT2D eigenvalue weighted by Crippen LogP contribution is -1.92. The molecule has 0 saturated heterocycles. The van der Waals surface area contributed by atoms with Gasteiger partial charge in [0.25, 0.3) is 0 Å². The van der Waals surface area contributed by atoms with Gasteiger partial charge in [-0.3, -0.25) is 4.79 Å². The van der Waals surface area contributed by atoms with Crippen molar-refractivity contribution in [1.82, 2.24) is 0 Å². The van der Waals surface area contributed by atoms with Gasteiger partial charge in [0, 0.05) is 6.92 Å². The Morgan fingerprint density at radius 2 is 2.38 bits per heavy atom. The van der Waals surface area contributed by atoms with Crippen LogP contribution in [0, 0.1) is 11.3 Å². The predicted octanol–water partition coefficient (Wildman–Crippen LogP) is 0.541. The first-order valence-corrected chi connectivity index (χ1v) is 1.98. The summed E-state index contributed by atoms with van der Waals surface area (Å²) in [5.74, 6) is -0.987. The number of hydrogen-bond acceptors (Lipinski definition) is 3. The molecule has 0 radical (unpaired) electrons. The zero-order valence-corrected chi connectivity index (χ0v) is 4.38. The van der Waals surface area contributed by atoms with Crippen LogP contribution in [0.5, 0.6) is 0 Å². The number of carbonyl (C=O) groups excluding carboxylic acids is 1. The number of hydrogen-bond donors (Lipinski definition) is 1. The number of aliphatic hydroxyl groups is 1. The smallest absolute Gasteiger partial charge is 0.194 e. The molecule has 0 aromatic carbocycles. The number of Topliss-reactive ketones (excluding diaryl/α,β-unsaturated/α-hetero) is 1. The van der Waals surface area contributed by atoms with Crippen LogP contribution in [0.1, 0.15) is 6.92 Å². The predicted molar refractivity (Wildman–Crippen MR) is 27.0 cm³/mol. The van der Waals surface area contributed by atoms with Crippen molar-refractivity contribution in [2.45, 2.75) is 6.92 Å². The second-order valence-electron chi connectivity index (χ2n) is 1.21. The number of ketones is 1. The average Bonchev–Trinajstić information content (AvgIpc) is 1.67. The lowest BCUT2D eigenvalue weighted by molar-refractivity contribution is -0.115. The fraction of sp³-hybridized carbons (Fsp3) is 0.200. The van der Waals surface area contributed by atoms with E-state index in [4.69, 9.17) is 10.4 Å². The van der Waals surface area contributed by atoms with Crippen molar-refractivity contribution in [1.29, 1.82) is 5.26 Å². The maximum Gasteiger partial charge on any atom is 0.194 e. The Kier molecular flexibility index (Phi) is 2.35. The summed E-state index contributed by atoms with van der Waals surface area (Å²) in [5, 5.41) is 16.3. The summed E-state index contributed by atoms with van der Waals surface area (Å²) in [5.41, 5.74) is 0. The Labute approximate surface area is 46.9 Å². The zero-order chi connectivity index (χ0) is 6.57. The SMILES string of the molecule is CC(=O)/C(O)=C\C#N. The minimum atomic E-state index is -0.494. The van der Waals surface area contributed by atoms with Crippen molar-refractivity contribution in [2.24, 2.45) is 0 Å². The Hall–Kier alpha value is -1.30. The summed E-state index contributed by atoms with van der Waals surface area (Å²) in [7, 11) is 0. The van der Waals surface area contributed by atoms with Crippen LogP contribution in [0.15, 0.2) is 11.8 Å². The molecule has 0 atom stereocenters. The van der Waals surface area contributed by atoms with Gasteiger partial charge >= 0.3 is 0 Å². The molecule has 1 N–H and O–H groups in total. The lowest BCUT2D eigenvalue weighted by atomic mass is 10.3. The molecule has 0 bridgehead atoms. The van der Waals surface area contributed by atoms with Gasteiger partial charge in [-0.2, -0.15) is 5.26 Å². The third kappa shape index (κ3) is 1.98. The first-order valence-electron chi connectivity index (χ1n) is 1.98. The zero-order valence-electron chi connectivity index (χ0n) is 4.38. The van der Waals surface area contributed by atoms with Crippen LogP contribution in [-0.4, -0.2) is 10.9 Å². The van der Waals surface area contributed by atoms with Gasteiger partial charge < -0.3 is 5.11 Å². The second-order valence-corrected chi connectivity index (χ2v) is 1.21. The van der Waals surface area contributed by atoms with E-state index in [2.05, 4.69) is 0 Å². The third-order valence-electron chi connectivity index (χ3n) is 0.562. The van der Waals surface area contributed by atoms with Gasteiger partial charge in [0.1, 0.15) is 0 Å². The lowest BCUT2D eigenvalue weighted by Gasteiger charge is -1.83. The third-order valence-corrected chi connectivity index (χ3v) is 0.562. The average molecular weight is 111 g/mol. The molecule has 0 heterocycles. The molecule has 0 aromatic rings. The van der Waals surface area contributed by atoms with Crippen molar-refractivity contribution in [3.8, 4) is 6.07 Å². The quantitative estimate of drug-likeness (QED) is 0.305. The van der Waals surface area contributed by atoms with E-state index >= 15 is 0 Å². The largest absolute Gasteiger partial charge is 0.504 e. The van der Waals surface area contributed by atoms with Crippen LogP contribution < -0.4 is 0 Å². The molecule has 42 valence electrons. The van der Waals surface area contributed by atoms with Gasteiger partial charge in [-0.05, 0) is 0 Å². The fourth-order valence-electron chi connectivity index (χ4n) is 0.163. The Morgan fingerprint density at radius 3 is 2.50 bits per heavy atom. The van der Waals surface area contributed by atoms with E-state index in [1.54, 1.807) is 0 Å². The molecule has 0 aliphatic rings. The summed E-state index contributed by atoms with van der Waals surface area (Å²) in [4.78, 5) is 10.1. The molecule has 0 amide bonds. The maximum absolute atomic E-state index is 10.1. The molecule has 0 aromatic heterocycles. The van der Waals surface area contributed by atoms with E-state index < -0.39 is 11.5 Å². The van der Waals surface area contributed by atoms with E-state index in [-0.39, 0.29) is 0 Å². The minimum Gasteiger partial charge on any atom is -0.504 e. The Balaban J connectivity index is 4.06. The molecular weight excluding hydrogens is 106 g/mol. The number of aliphatic hydroxyl groups excluding tert-OH is 1. The normalized spacial score (nSPS) is 10.2. The standard InChI is InChI=1S/C5H5NO2/c1-4(7)5(8)2-3-6/h2,8H,1H3/b5-2+. The van der Waals surface area contributed by atoms with Crippen molar-refractivity contribution in [2.75, 3.05) is 0 Å². The Morgan fingerprint density at radius 1 is 1.88 bits per heavy atom. The summed E-state index contributed by atoms with van der Waals surface area (Å²) < 4.78 is 0. The minimum absolute atomic E-state index is 0.493. The highest BCUT2D eigenvalue weighted by molar-refractivity contribution is 5.91. The van der Waals surface area contributed by atoms with Crippen molar-refractivity contribution < 1.29 is 9.90 Å². The molecule has 0 fully saturated rings. The molecule has 0 rings (SSSR count). The van der Waals surface area contributed by atoms with E-state index in [9.17, 15) is 4.79 Å². The molecule has 3 heteroatoms. The molecular formula is C5H5NO2. The number of nitriles is 1. The second kappa shape index (κ2) is 2.80. The summed E-state index contributed by atoms with van der Waals surface area (Å²) in [6.45, 7) is 1.18. The number of nitrogens with zero attached hydrogens (tertiary/aromatic N) is 1. The van der Waals surface area contributed by atoms with Crippen molar-refractivity contribution in [3.05, 3.63) is 11.8 Å². The van der Waals surface area contributed by atoms with Crippen LogP contribution in [0.2, 0.25) is 0 Å². The first-order chi connectivity index (χ1) is 3.68. The van der Waals surface area contributed by atoms with Crippen LogP contribution >= 0.6 is 0 Å². The first kappa shape index (κ1) is 6.70. The van der Waals surface area contributed by atoms with E-state index in [0.717, 1.165) is 6.08 Å². The molecule has 0 unspecified atom stereocenters. The molecule has 0 spiro atoms. The van der Waals surface area contributed by atoms with E-state index in [1.165, 1.54) is 13.0 Å². The van der Waals surface area contributed by atoms with Crippen molar-refractivity contribution in [3.63, 3.8) is 0 Å². The molecule has 0 saturated carbocycles.